The van der Waals surface area contributed by atoms with E-state index in [9.17, 15) is 9.90 Å². The summed E-state index contributed by atoms with van der Waals surface area (Å²) in [7, 11) is 2.84. The van der Waals surface area contributed by atoms with Crippen LogP contribution in [-0.2, 0) is 4.79 Å². The molecule has 0 aliphatic rings. The first-order valence-corrected chi connectivity index (χ1v) is 7.57. The predicted octanol–water partition coefficient (Wildman–Crippen LogP) is 2.59. The average Bonchev–Trinajstić information content (AvgIpc) is 2.62. The van der Waals surface area contributed by atoms with Gasteiger partial charge in [0.15, 0.2) is 18.1 Å². The first-order valence-electron chi connectivity index (χ1n) is 7.19. The fourth-order valence-electron chi connectivity index (χ4n) is 1.90. The summed E-state index contributed by atoms with van der Waals surface area (Å²) in [5.41, 5.74) is 2.90. The summed E-state index contributed by atoms with van der Waals surface area (Å²) >= 11 is 5.93. The van der Waals surface area contributed by atoms with E-state index in [0.29, 0.717) is 16.3 Å². The molecule has 25 heavy (non-hydrogen) atoms. The molecule has 0 aromatic heterocycles. The topological polar surface area (TPSA) is 89.4 Å². The number of hydrazone groups is 1. The maximum absolute atomic E-state index is 11.7. The zero-order valence-electron chi connectivity index (χ0n) is 13.7. The molecular weight excluding hydrogens is 348 g/mol. The summed E-state index contributed by atoms with van der Waals surface area (Å²) in [4.78, 5) is 11.7. The smallest absolute Gasteiger partial charge is 0.277 e. The first kappa shape index (κ1) is 18.4. The Morgan fingerprint density at radius 3 is 2.44 bits per heavy atom. The van der Waals surface area contributed by atoms with Gasteiger partial charge in [-0.1, -0.05) is 23.7 Å². The van der Waals surface area contributed by atoms with Crippen molar-refractivity contribution >= 4 is 23.7 Å². The van der Waals surface area contributed by atoms with Crippen LogP contribution in [0.25, 0.3) is 0 Å². The predicted molar refractivity (Wildman–Crippen MR) is 93.9 cm³/mol. The molecule has 0 unspecified atom stereocenters. The van der Waals surface area contributed by atoms with Gasteiger partial charge in [-0.05, 0) is 24.3 Å². The van der Waals surface area contributed by atoms with E-state index in [2.05, 4.69) is 10.5 Å². The van der Waals surface area contributed by atoms with Crippen molar-refractivity contribution in [1.29, 1.82) is 0 Å². The zero-order valence-corrected chi connectivity index (χ0v) is 14.4. The van der Waals surface area contributed by atoms with Gasteiger partial charge >= 0.3 is 0 Å². The van der Waals surface area contributed by atoms with E-state index in [1.165, 1.54) is 20.4 Å². The highest BCUT2D eigenvalue weighted by atomic mass is 35.5. The summed E-state index contributed by atoms with van der Waals surface area (Å²) < 4.78 is 15.4. The van der Waals surface area contributed by atoms with Crippen LogP contribution in [0.4, 0.5) is 0 Å². The molecule has 0 aliphatic heterocycles. The molecule has 2 N–H and O–H groups in total. The third-order valence-corrected chi connectivity index (χ3v) is 3.41. The number of carbonyl (C=O) groups is 1. The second-order valence-electron chi connectivity index (χ2n) is 4.79. The first-order chi connectivity index (χ1) is 12.0. The molecular formula is C17H17ClN2O5. The molecule has 0 heterocycles. The number of para-hydroxylation sites is 1. The Bertz CT molecular complexity index is 754. The van der Waals surface area contributed by atoms with Crippen molar-refractivity contribution in [3.63, 3.8) is 0 Å². The Morgan fingerprint density at radius 1 is 1.20 bits per heavy atom. The molecule has 0 fully saturated rings. The molecule has 0 saturated heterocycles. The number of carbonyl (C=O) groups excluding carboxylic acids is 1. The second kappa shape index (κ2) is 8.79. The van der Waals surface area contributed by atoms with Crippen LogP contribution >= 0.6 is 11.6 Å². The van der Waals surface area contributed by atoms with E-state index < -0.39 is 5.91 Å². The summed E-state index contributed by atoms with van der Waals surface area (Å²) in [6.45, 7) is -0.233. The molecule has 0 bridgehead atoms. The fourth-order valence-corrected chi connectivity index (χ4v) is 2.09. The normalized spacial score (nSPS) is 10.5. The van der Waals surface area contributed by atoms with Gasteiger partial charge < -0.3 is 19.3 Å². The summed E-state index contributed by atoms with van der Waals surface area (Å²) in [5.74, 6) is 0.313. The van der Waals surface area contributed by atoms with Crippen LogP contribution in [0.1, 0.15) is 5.56 Å². The van der Waals surface area contributed by atoms with Gasteiger partial charge in [0.1, 0.15) is 5.75 Å². The Kier molecular flexibility index (Phi) is 6.47. The third-order valence-electron chi connectivity index (χ3n) is 3.10. The van der Waals surface area contributed by atoms with E-state index in [1.807, 2.05) is 0 Å². The van der Waals surface area contributed by atoms with Crippen LogP contribution in [0, 0.1) is 0 Å². The van der Waals surface area contributed by atoms with Crippen LogP contribution < -0.4 is 19.6 Å². The third kappa shape index (κ3) is 5.02. The minimum absolute atomic E-state index is 0.112. The number of amides is 1. The monoisotopic (exact) mass is 364 g/mol. The van der Waals surface area contributed by atoms with Gasteiger partial charge in [0.05, 0.1) is 25.5 Å². The quantitative estimate of drug-likeness (QED) is 0.582. The maximum atomic E-state index is 11.7. The van der Waals surface area contributed by atoms with Crippen LogP contribution in [0.3, 0.4) is 0 Å². The van der Waals surface area contributed by atoms with E-state index in [4.69, 9.17) is 25.8 Å². The Morgan fingerprint density at radius 2 is 1.84 bits per heavy atom. The number of phenols is 1. The Labute approximate surface area is 149 Å². The highest BCUT2D eigenvalue weighted by Crippen LogP contribution is 2.36. The van der Waals surface area contributed by atoms with Crippen LogP contribution in [-0.4, -0.2) is 38.1 Å². The molecule has 0 spiro atoms. The number of aromatic hydroxyl groups is 1. The van der Waals surface area contributed by atoms with Crippen LogP contribution in [0.5, 0.6) is 23.0 Å². The van der Waals surface area contributed by atoms with Crippen molar-refractivity contribution in [2.45, 2.75) is 0 Å². The van der Waals surface area contributed by atoms with Crippen molar-refractivity contribution in [3.05, 3.63) is 47.0 Å². The average molecular weight is 365 g/mol. The number of phenolic OH excluding ortho intramolecular Hbond substituents is 1. The molecule has 1 amide bonds. The number of hydrogen-bond acceptors (Lipinski definition) is 6. The Balaban J connectivity index is 1.94. The van der Waals surface area contributed by atoms with Gasteiger partial charge in [-0.3, -0.25) is 4.79 Å². The molecule has 0 saturated carbocycles. The SMILES string of the molecule is COc1cc(/C=N/NC(=O)COc2ccccc2Cl)cc(OC)c1O. The van der Waals surface area contributed by atoms with Crippen molar-refractivity contribution in [2.24, 2.45) is 5.10 Å². The number of rotatable bonds is 7. The highest BCUT2D eigenvalue weighted by Gasteiger charge is 2.10. The zero-order chi connectivity index (χ0) is 18.2. The number of methoxy groups -OCH3 is 2. The minimum Gasteiger partial charge on any atom is -0.502 e. The number of halogens is 1. The van der Waals surface area contributed by atoms with Crippen molar-refractivity contribution < 1.29 is 24.1 Å². The fraction of sp³-hybridized carbons (Fsp3) is 0.176. The van der Waals surface area contributed by atoms with E-state index in [0.717, 1.165) is 0 Å². The Hall–Kier alpha value is -2.93. The molecule has 7 nitrogen and oxygen atoms in total. The highest BCUT2D eigenvalue weighted by molar-refractivity contribution is 6.32. The molecule has 132 valence electrons. The standard InChI is InChI=1S/C17H17ClN2O5/c1-23-14-7-11(8-15(24-2)17(14)22)9-19-20-16(21)10-25-13-6-4-3-5-12(13)18/h3-9,22H,10H2,1-2H3,(H,20,21)/b19-9+. The molecule has 0 radical (unpaired) electrons. The number of ether oxygens (including phenoxy) is 3. The molecule has 8 heteroatoms. The van der Waals surface area contributed by atoms with Gasteiger partial charge in [-0.15, -0.1) is 0 Å². The van der Waals surface area contributed by atoms with E-state index in [1.54, 1.807) is 36.4 Å². The number of nitrogens with zero attached hydrogens (tertiary/aromatic N) is 1. The van der Waals surface area contributed by atoms with Crippen LogP contribution in [0.15, 0.2) is 41.5 Å². The minimum atomic E-state index is -0.450. The summed E-state index contributed by atoms with van der Waals surface area (Å²) in [6, 6.07) is 9.94. The second-order valence-corrected chi connectivity index (χ2v) is 5.19. The van der Waals surface area contributed by atoms with Crippen molar-refractivity contribution in [1.82, 2.24) is 5.43 Å². The van der Waals surface area contributed by atoms with Crippen molar-refractivity contribution in [3.8, 4) is 23.0 Å². The number of hydrogen-bond donors (Lipinski definition) is 2. The largest absolute Gasteiger partial charge is 0.502 e. The molecule has 2 aromatic rings. The maximum Gasteiger partial charge on any atom is 0.277 e. The number of benzene rings is 2. The van der Waals surface area contributed by atoms with Crippen molar-refractivity contribution in [2.75, 3.05) is 20.8 Å². The van der Waals surface area contributed by atoms with E-state index in [-0.39, 0.29) is 23.9 Å². The molecule has 2 aromatic carbocycles. The van der Waals surface area contributed by atoms with Crippen LogP contribution in [0.2, 0.25) is 5.02 Å². The lowest BCUT2D eigenvalue weighted by Gasteiger charge is -2.09. The van der Waals surface area contributed by atoms with Gasteiger partial charge in [0.2, 0.25) is 5.75 Å². The van der Waals surface area contributed by atoms with Gasteiger partial charge in [-0.25, -0.2) is 5.43 Å². The molecule has 0 atom stereocenters. The van der Waals surface area contributed by atoms with Gasteiger partial charge in [0.25, 0.3) is 5.91 Å². The summed E-state index contributed by atoms with van der Waals surface area (Å²) in [5, 5.41) is 14.1. The number of nitrogens with one attached hydrogen (secondary N) is 1. The van der Waals surface area contributed by atoms with Gasteiger partial charge in [0, 0.05) is 5.56 Å². The summed E-state index contributed by atoms with van der Waals surface area (Å²) in [6.07, 6.45) is 1.39. The van der Waals surface area contributed by atoms with Gasteiger partial charge in [-0.2, -0.15) is 5.10 Å². The molecule has 2 rings (SSSR count). The lowest BCUT2D eigenvalue weighted by Crippen LogP contribution is -2.24. The molecule has 0 aliphatic carbocycles. The van der Waals surface area contributed by atoms with E-state index >= 15 is 0 Å². The lowest BCUT2D eigenvalue weighted by molar-refractivity contribution is -0.123. The lowest BCUT2D eigenvalue weighted by atomic mass is 10.2.